The van der Waals surface area contributed by atoms with Gasteiger partial charge in [-0.1, -0.05) is 13.8 Å². The standard InChI is InChI=1S/C11H20N2O/c1-3-12(4-2)7-8-13-6-5-11(9-13)10-14/h5-6,9,14H,3-4,7-8,10H2,1-2H3. The summed E-state index contributed by atoms with van der Waals surface area (Å²) in [6, 6.07) is 1.96. The van der Waals surface area contributed by atoms with Crippen LogP contribution < -0.4 is 0 Å². The van der Waals surface area contributed by atoms with E-state index in [1.165, 1.54) is 0 Å². The van der Waals surface area contributed by atoms with E-state index in [-0.39, 0.29) is 6.61 Å². The maximum Gasteiger partial charge on any atom is 0.0696 e. The van der Waals surface area contributed by atoms with E-state index in [0.717, 1.165) is 31.7 Å². The summed E-state index contributed by atoms with van der Waals surface area (Å²) in [6.45, 7) is 8.78. The fourth-order valence-electron chi connectivity index (χ4n) is 1.52. The van der Waals surface area contributed by atoms with Crippen LogP contribution >= 0.6 is 0 Å². The normalized spacial score (nSPS) is 11.1. The molecule has 0 saturated carbocycles. The Balaban J connectivity index is 2.37. The van der Waals surface area contributed by atoms with E-state index in [4.69, 9.17) is 5.11 Å². The van der Waals surface area contributed by atoms with Crippen molar-refractivity contribution in [2.24, 2.45) is 0 Å². The number of aliphatic hydroxyl groups excluding tert-OH is 1. The molecule has 0 fully saturated rings. The van der Waals surface area contributed by atoms with Crippen LogP contribution in [0.3, 0.4) is 0 Å². The molecule has 80 valence electrons. The SMILES string of the molecule is CCN(CC)CCn1ccc(CO)c1. The van der Waals surface area contributed by atoms with E-state index in [1.54, 1.807) is 0 Å². The Bertz CT molecular complexity index is 254. The van der Waals surface area contributed by atoms with E-state index >= 15 is 0 Å². The molecule has 0 amide bonds. The number of aliphatic hydroxyl groups is 1. The molecule has 0 aliphatic rings. The highest BCUT2D eigenvalue weighted by Crippen LogP contribution is 2.01. The van der Waals surface area contributed by atoms with Gasteiger partial charge in [0, 0.05) is 25.5 Å². The minimum Gasteiger partial charge on any atom is -0.392 e. The first-order chi connectivity index (χ1) is 6.80. The summed E-state index contributed by atoms with van der Waals surface area (Å²) in [5, 5.41) is 8.90. The van der Waals surface area contributed by atoms with Gasteiger partial charge in [0.2, 0.25) is 0 Å². The molecule has 1 heterocycles. The van der Waals surface area contributed by atoms with Gasteiger partial charge in [0.25, 0.3) is 0 Å². The highest BCUT2D eigenvalue weighted by atomic mass is 16.3. The van der Waals surface area contributed by atoms with Gasteiger partial charge in [-0.2, -0.15) is 0 Å². The van der Waals surface area contributed by atoms with Gasteiger partial charge >= 0.3 is 0 Å². The third-order valence-corrected chi connectivity index (χ3v) is 2.56. The summed E-state index contributed by atoms with van der Waals surface area (Å²) in [6.07, 6.45) is 4.03. The lowest BCUT2D eigenvalue weighted by molar-refractivity contribution is 0.280. The summed E-state index contributed by atoms with van der Waals surface area (Å²) in [5.41, 5.74) is 0.990. The van der Waals surface area contributed by atoms with E-state index in [1.807, 2.05) is 18.5 Å². The molecule has 0 saturated heterocycles. The lowest BCUT2D eigenvalue weighted by Crippen LogP contribution is -2.26. The zero-order valence-corrected chi connectivity index (χ0v) is 9.11. The summed E-state index contributed by atoms with van der Waals surface area (Å²) in [5.74, 6) is 0. The first kappa shape index (κ1) is 11.3. The van der Waals surface area contributed by atoms with Gasteiger partial charge in [-0.25, -0.2) is 0 Å². The second kappa shape index (κ2) is 5.83. The number of likely N-dealkylation sites (N-methyl/N-ethyl adjacent to an activating group) is 1. The van der Waals surface area contributed by atoms with E-state index in [0.29, 0.717) is 0 Å². The van der Waals surface area contributed by atoms with Crippen molar-refractivity contribution in [1.29, 1.82) is 0 Å². The predicted molar refractivity (Wildman–Crippen MR) is 58.1 cm³/mol. The molecule has 0 aromatic carbocycles. The van der Waals surface area contributed by atoms with Gasteiger partial charge in [-0.05, 0) is 24.7 Å². The number of hydrogen-bond donors (Lipinski definition) is 1. The third-order valence-electron chi connectivity index (χ3n) is 2.56. The monoisotopic (exact) mass is 196 g/mol. The van der Waals surface area contributed by atoms with Crippen LogP contribution in [0.5, 0.6) is 0 Å². The zero-order chi connectivity index (χ0) is 10.4. The Hall–Kier alpha value is -0.800. The Morgan fingerprint density at radius 1 is 1.36 bits per heavy atom. The Morgan fingerprint density at radius 2 is 2.07 bits per heavy atom. The zero-order valence-electron chi connectivity index (χ0n) is 9.11. The average molecular weight is 196 g/mol. The minimum atomic E-state index is 0.137. The molecule has 1 aromatic rings. The second-order valence-electron chi connectivity index (χ2n) is 3.44. The first-order valence-electron chi connectivity index (χ1n) is 5.28. The second-order valence-corrected chi connectivity index (χ2v) is 3.44. The lowest BCUT2D eigenvalue weighted by atomic mass is 10.4. The number of nitrogens with zero attached hydrogens (tertiary/aromatic N) is 2. The van der Waals surface area contributed by atoms with Crippen molar-refractivity contribution in [3.8, 4) is 0 Å². The van der Waals surface area contributed by atoms with Gasteiger partial charge in [0.15, 0.2) is 0 Å². The number of hydrogen-bond acceptors (Lipinski definition) is 2. The molecule has 3 nitrogen and oxygen atoms in total. The van der Waals surface area contributed by atoms with Gasteiger partial charge < -0.3 is 14.6 Å². The molecule has 3 heteroatoms. The van der Waals surface area contributed by atoms with Gasteiger partial charge in [0.05, 0.1) is 6.61 Å². The molecule has 0 unspecified atom stereocenters. The molecular weight excluding hydrogens is 176 g/mol. The fraction of sp³-hybridized carbons (Fsp3) is 0.636. The smallest absolute Gasteiger partial charge is 0.0696 e. The van der Waals surface area contributed by atoms with Crippen molar-refractivity contribution in [2.45, 2.75) is 27.0 Å². The maximum absolute atomic E-state index is 8.90. The van der Waals surface area contributed by atoms with Crippen LogP contribution in [0.25, 0.3) is 0 Å². The summed E-state index contributed by atoms with van der Waals surface area (Å²) >= 11 is 0. The minimum absolute atomic E-state index is 0.137. The molecule has 1 rings (SSSR count). The lowest BCUT2D eigenvalue weighted by Gasteiger charge is -2.17. The third kappa shape index (κ3) is 3.16. The quantitative estimate of drug-likeness (QED) is 0.743. The van der Waals surface area contributed by atoms with Crippen LogP contribution in [-0.4, -0.2) is 34.2 Å². The largest absolute Gasteiger partial charge is 0.392 e. The van der Waals surface area contributed by atoms with Crippen molar-refractivity contribution in [2.75, 3.05) is 19.6 Å². The molecule has 1 aromatic heterocycles. The number of rotatable bonds is 6. The molecule has 1 N–H and O–H groups in total. The molecule has 0 bridgehead atoms. The predicted octanol–water partition coefficient (Wildman–Crippen LogP) is 1.32. The topological polar surface area (TPSA) is 28.4 Å². The van der Waals surface area contributed by atoms with Crippen LogP contribution in [0.2, 0.25) is 0 Å². The van der Waals surface area contributed by atoms with Gasteiger partial charge in [0.1, 0.15) is 0 Å². The van der Waals surface area contributed by atoms with Crippen LogP contribution in [0.15, 0.2) is 18.5 Å². The molecular formula is C11H20N2O. The van der Waals surface area contributed by atoms with Gasteiger partial charge in [-0.3, -0.25) is 0 Å². The average Bonchev–Trinajstić information content (AvgIpc) is 2.67. The van der Waals surface area contributed by atoms with Crippen molar-refractivity contribution >= 4 is 0 Å². The van der Waals surface area contributed by atoms with Crippen molar-refractivity contribution in [3.63, 3.8) is 0 Å². The summed E-state index contributed by atoms with van der Waals surface area (Å²) in [4.78, 5) is 2.39. The number of aromatic nitrogens is 1. The van der Waals surface area contributed by atoms with Crippen molar-refractivity contribution in [1.82, 2.24) is 9.47 Å². The maximum atomic E-state index is 8.90. The van der Waals surface area contributed by atoms with Crippen LogP contribution in [0, 0.1) is 0 Å². The van der Waals surface area contributed by atoms with Crippen LogP contribution in [0.1, 0.15) is 19.4 Å². The molecule has 0 aliphatic heterocycles. The first-order valence-corrected chi connectivity index (χ1v) is 5.28. The molecule has 0 spiro atoms. The Kier molecular flexibility index (Phi) is 4.70. The van der Waals surface area contributed by atoms with Crippen molar-refractivity contribution in [3.05, 3.63) is 24.0 Å². The Morgan fingerprint density at radius 3 is 2.57 bits per heavy atom. The summed E-state index contributed by atoms with van der Waals surface area (Å²) in [7, 11) is 0. The van der Waals surface area contributed by atoms with Crippen LogP contribution in [0.4, 0.5) is 0 Å². The molecule has 0 atom stereocenters. The van der Waals surface area contributed by atoms with E-state index < -0.39 is 0 Å². The molecule has 0 radical (unpaired) electrons. The Labute approximate surface area is 86.0 Å². The highest BCUT2D eigenvalue weighted by Gasteiger charge is 1.99. The molecule has 14 heavy (non-hydrogen) atoms. The molecule has 0 aliphatic carbocycles. The fourth-order valence-corrected chi connectivity index (χ4v) is 1.52. The van der Waals surface area contributed by atoms with E-state index in [2.05, 4.69) is 23.3 Å². The van der Waals surface area contributed by atoms with Gasteiger partial charge in [-0.15, -0.1) is 0 Å². The van der Waals surface area contributed by atoms with E-state index in [9.17, 15) is 0 Å². The van der Waals surface area contributed by atoms with Crippen LogP contribution in [-0.2, 0) is 13.2 Å². The van der Waals surface area contributed by atoms with Crippen molar-refractivity contribution < 1.29 is 5.11 Å². The highest BCUT2D eigenvalue weighted by molar-refractivity contribution is 5.08. The summed E-state index contributed by atoms with van der Waals surface area (Å²) < 4.78 is 2.13.